The van der Waals surface area contributed by atoms with Crippen LogP contribution in [0.5, 0.6) is 0 Å². The monoisotopic (exact) mass is 778 g/mol. The van der Waals surface area contributed by atoms with Crippen molar-refractivity contribution in [3.8, 4) is 0 Å². The minimum Gasteiger partial charge on any atom is -0.0622 e. The molecule has 8 aromatic carbocycles. The summed E-state index contributed by atoms with van der Waals surface area (Å²) in [6, 6.07) is 78.8. The molecule has 2 heteroatoms. The van der Waals surface area contributed by atoms with Gasteiger partial charge in [0.05, 0.1) is 0 Å². The molecule has 0 spiro atoms. The molecule has 0 aliphatic carbocycles. The molecular weight excluding hydrogens is 735 g/mol. The highest BCUT2D eigenvalue weighted by atomic mass is 79.9. The fraction of sp³-hybridized carbons (Fsp3) is 0.0769. The van der Waals surface area contributed by atoms with Crippen molar-refractivity contribution in [1.82, 2.24) is 0 Å². The van der Waals surface area contributed by atoms with Gasteiger partial charge in [-0.25, -0.2) is 0 Å². The van der Waals surface area contributed by atoms with Gasteiger partial charge in [-0.05, 0) is 100 Å². The molecule has 0 fully saturated rings. The van der Waals surface area contributed by atoms with Crippen LogP contribution in [0.1, 0.15) is 44.5 Å². The average molecular weight is 780 g/mol. The molecule has 0 N–H and O–H groups in total. The van der Waals surface area contributed by atoms with Gasteiger partial charge < -0.3 is 0 Å². The van der Waals surface area contributed by atoms with Crippen LogP contribution in [-0.2, 0) is 25.7 Å². The highest BCUT2D eigenvalue weighted by molar-refractivity contribution is 9.10. The number of rotatable bonds is 11. The molecule has 8 rings (SSSR count). The first kappa shape index (κ1) is 37.0. The molecule has 0 saturated carbocycles. The van der Waals surface area contributed by atoms with E-state index in [1.54, 1.807) is 0 Å². The average Bonchev–Trinajstić information content (AvgIpc) is 3.23. The van der Waals surface area contributed by atoms with Crippen molar-refractivity contribution in [1.29, 1.82) is 0 Å². The lowest BCUT2D eigenvalue weighted by Gasteiger charge is -2.27. The lowest BCUT2D eigenvalue weighted by atomic mass is 10.0. The van der Waals surface area contributed by atoms with E-state index in [1.807, 2.05) is 12.1 Å². The molecule has 0 unspecified atom stereocenters. The van der Waals surface area contributed by atoms with Gasteiger partial charge in [-0.2, -0.15) is 0 Å². The molecular formula is C52H44BrP. The Morgan fingerprint density at radius 3 is 0.815 bits per heavy atom. The summed E-state index contributed by atoms with van der Waals surface area (Å²) >= 11 is 3.55. The van der Waals surface area contributed by atoms with E-state index in [-0.39, 0.29) is 0 Å². The number of hydrogen-bond acceptors (Lipinski definition) is 0. The Kier molecular flexibility index (Phi) is 13.1. The van der Waals surface area contributed by atoms with Crippen LogP contribution in [0.25, 0.3) is 0 Å². The van der Waals surface area contributed by atoms with Crippen molar-refractivity contribution >= 4 is 39.8 Å². The van der Waals surface area contributed by atoms with Crippen LogP contribution in [0.15, 0.2) is 223 Å². The Bertz CT molecular complexity index is 2130. The minimum absolute atomic E-state index is 0.797. The Balaban J connectivity index is 0.000000269. The van der Waals surface area contributed by atoms with Crippen molar-refractivity contribution in [3.63, 3.8) is 0 Å². The summed E-state index contributed by atoms with van der Waals surface area (Å²) in [7, 11) is -0.797. The van der Waals surface area contributed by atoms with E-state index < -0.39 is 7.92 Å². The molecule has 0 amide bonds. The predicted octanol–water partition coefficient (Wildman–Crippen LogP) is 12.3. The first-order valence-corrected chi connectivity index (χ1v) is 20.8. The third-order valence-electron chi connectivity index (χ3n) is 9.60. The van der Waals surface area contributed by atoms with Crippen molar-refractivity contribution in [3.05, 3.63) is 267 Å². The zero-order chi connectivity index (χ0) is 36.8. The van der Waals surface area contributed by atoms with Gasteiger partial charge in [0.1, 0.15) is 0 Å². The zero-order valence-corrected chi connectivity index (χ0v) is 32.9. The molecule has 264 valence electrons. The molecule has 0 aliphatic rings. The van der Waals surface area contributed by atoms with E-state index >= 15 is 0 Å². The Labute approximate surface area is 331 Å². The lowest BCUT2D eigenvalue weighted by molar-refractivity contribution is 1.18. The maximum Gasteiger partial charge on any atom is 0.0210 e. The molecule has 0 aliphatic heterocycles. The lowest BCUT2D eigenvalue weighted by Crippen LogP contribution is -2.28. The molecule has 0 atom stereocenters. The van der Waals surface area contributed by atoms with E-state index in [1.165, 1.54) is 64.9 Å². The third kappa shape index (κ3) is 10.00. The number of benzene rings is 8. The van der Waals surface area contributed by atoms with E-state index in [4.69, 9.17) is 0 Å². The maximum absolute atomic E-state index is 3.55. The summed E-state index contributed by atoms with van der Waals surface area (Å²) in [5.74, 6) is 0. The van der Waals surface area contributed by atoms with Crippen LogP contribution in [0.2, 0.25) is 0 Å². The third-order valence-corrected chi connectivity index (χ3v) is 13.1. The zero-order valence-electron chi connectivity index (χ0n) is 30.4. The molecule has 0 aromatic heterocycles. The second kappa shape index (κ2) is 19.1. The van der Waals surface area contributed by atoms with Gasteiger partial charge in [0.15, 0.2) is 0 Å². The highest BCUT2D eigenvalue weighted by Gasteiger charge is 2.24. The predicted molar refractivity (Wildman–Crippen MR) is 236 cm³/mol. The summed E-state index contributed by atoms with van der Waals surface area (Å²) in [5, 5.41) is 4.34. The molecule has 0 bridgehead atoms. The summed E-state index contributed by atoms with van der Waals surface area (Å²) in [6.07, 6.45) is 3.77. The van der Waals surface area contributed by atoms with Gasteiger partial charge in [-0.3, -0.25) is 0 Å². The Morgan fingerprint density at radius 1 is 0.259 bits per heavy atom. The van der Waals surface area contributed by atoms with Crippen LogP contribution >= 0.6 is 23.9 Å². The van der Waals surface area contributed by atoms with E-state index in [2.05, 4.69) is 222 Å². The van der Waals surface area contributed by atoms with Crippen LogP contribution in [0, 0.1) is 0 Å². The molecule has 54 heavy (non-hydrogen) atoms. The highest BCUT2D eigenvalue weighted by Crippen LogP contribution is 2.38. The largest absolute Gasteiger partial charge is 0.0622 e. The van der Waals surface area contributed by atoms with Gasteiger partial charge in [-0.1, -0.05) is 228 Å². The van der Waals surface area contributed by atoms with Crippen molar-refractivity contribution in [2.45, 2.75) is 25.7 Å². The smallest absolute Gasteiger partial charge is 0.0210 e. The SMILES string of the molecule is Brc1ccccc1Cc1ccccc1.c1ccc(Cc2ccccc2P(c2ccccc2Cc2ccccc2)c2ccccc2Cc2ccccc2)cc1. The van der Waals surface area contributed by atoms with Gasteiger partial charge in [0.25, 0.3) is 0 Å². The summed E-state index contributed by atoms with van der Waals surface area (Å²) < 4.78 is 1.18. The normalized spacial score (nSPS) is 10.8. The van der Waals surface area contributed by atoms with Crippen molar-refractivity contribution in [2.75, 3.05) is 0 Å². The van der Waals surface area contributed by atoms with Crippen LogP contribution in [0.3, 0.4) is 0 Å². The van der Waals surface area contributed by atoms with Crippen LogP contribution < -0.4 is 15.9 Å². The van der Waals surface area contributed by atoms with Gasteiger partial charge in [0.2, 0.25) is 0 Å². The molecule has 8 aromatic rings. The molecule has 0 radical (unpaired) electrons. The quantitative estimate of drug-likeness (QED) is 0.115. The van der Waals surface area contributed by atoms with E-state index in [9.17, 15) is 0 Å². The fourth-order valence-corrected chi connectivity index (χ4v) is 10.2. The van der Waals surface area contributed by atoms with Gasteiger partial charge >= 0.3 is 0 Å². The standard InChI is InChI=1S/C39H33P.C13H11Br/c1-4-16-31(17-5-1)28-34-22-10-13-25-37(34)40(38-26-14-11-23-35(38)29-32-18-6-2-7-19-32)39-27-15-12-24-36(39)30-33-20-8-3-9-21-33;14-13-9-5-4-8-12(13)10-11-6-2-1-3-7-11/h1-27H,28-30H2;1-9H,10H2. The number of hydrogen-bond donors (Lipinski definition) is 0. The second-order valence-corrected chi connectivity index (χ2v) is 16.4. The maximum atomic E-state index is 3.55. The molecule has 0 heterocycles. The first-order chi connectivity index (χ1) is 26.7. The fourth-order valence-electron chi connectivity index (χ4n) is 6.93. The Morgan fingerprint density at radius 2 is 0.500 bits per heavy atom. The van der Waals surface area contributed by atoms with Crippen LogP contribution in [0.4, 0.5) is 0 Å². The second-order valence-electron chi connectivity index (χ2n) is 13.5. The summed E-state index contributed by atoms with van der Waals surface area (Å²) in [5.41, 5.74) is 10.9. The summed E-state index contributed by atoms with van der Waals surface area (Å²) in [4.78, 5) is 0. The van der Waals surface area contributed by atoms with Gasteiger partial charge in [-0.15, -0.1) is 0 Å². The number of halogens is 1. The molecule has 0 saturated heterocycles. The first-order valence-electron chi connectivity index (χ1n) is 18.6. The van der Waals surface area contributed by atoms with Crippen LogP contribution in [-0.4, -0.2) is 0 Å². The van der Waals surface area contributed by atoms with Crippen molar-refractivity contribution in [2.24, 2.45) is 0 Å². The summed E-state index contributed by atoms with van der Waals surface area (Å²) in [6.45, 7) is 0. The van der Waals surface area contributed by atoms with Gasteiger partial charge in [0, 0.05) is 4.47 Å². The van der Waals surface area contributed by atoms with E-state index in [0.29, 0.717) is 0 Å². The van der Waals surface area contributed by atoms with Crippen molar-refractivity contribution < 1.29 is 0 Å². The topological polar surface area (TPSA) is 0 Å². The minimum atomic E-state index is -0.797. The Hall–Kier alpha value is -5.33. The molecule has 0 nitrogen and oxygen atoms in total. The van der Waals surface area contributed by atoms with E-state index in [0.717, 1.165) is 25.7 Å².